The molecule has 3 aromatic carbocycles. The number of nitrogens with one attached hydrogen (secondary N) is 3. The number of hydrogen-bond donors (Lipinski definition) is 3. The van der Waals surface area contributed by atoms with Crippen molar-refractivity contribution in [3.63, 3.8) is 0 Å². The lowest BCUT2D eigenvalue weighted by Gasteiger charge is -2.34. The van der Waals surface area contributed by atoms with Crippen LogP contribution in [0, 0.1) is 0 Å². The molecule has 2 aromatic heterocycles. The zero-order valence-electron chi connectivity index (χ0n) is 17.9. The number of aromatic hydroxyl groups is 1. The summed E-state index contributed by atoms with van der Waals surface area (Å²) in [4.78, 5) is 19.9. The molecule has 7 heteroatoms. The van der Waals surface area contributed by atoms with E-state index in [-0.39, 0.29) is 5.75 Å². The smallest absolute Gasteiger partial charge is 0.285 e. The highest BCUT2D eigenvalue weighted by molar-refractivity contribution is 5.85. The molecule has 0 radical (unpaired) electrons. The minimum absolute atomic E-state index is 0.244. The van der Waals surface area contributed by atoms with Gasteiger partial charge in [-0.3, -0.25) is 0 Å². The fourth-order valence-electron chi connectivity index (χ4n) is 4.41. The van der Waals surface area contributed by atoms with E-state index in [0.717, 1.165) is 71.0 Å². The van der Waals surface area contributed by atoms with Crippen LogP contribution < -0.4 is 9.88 Å². The first-order chi connectivity index (χ1) is 15.6. The molecule has 0 bridgehead atoms. The molecule has 0 amide bonds. The van der Waals surface area contributed by atoms with Gasteiger partial charge in [-0.25, -0.2) is 15.0 Å². The van der Waals surface area contributed by atoms with Crippen molar-refractivity contribution in [2.75, 3.05) is 38.1 Å². The summed E-state index contributed by atoms with van der Waals surface area (Å²) in [7, 11) is 2.17. The minimum atomic E-state index is 0.244. The van der Waals surface area contributed by atoms with Crippen molar-refractivity contribution in [3.8, 4) is 28.5 Å². The summed E-state index contributed by atoms with van der Waals surface area (Å²) in [6.45, 7) is 4.27. The van der Waals surface area contributed by atoms with E-state index in [1.165, 1.54) is 5.69 Å². The molecule has 4 N–H and O–H groups in total. The van der Waals surface area contributed by atoms with Crippen molar-refractivity contribution in [1.82, 2.24) is 19.9 Å². The second-order valence-electron chi connectivity index (χ2n) is 8.51. The molecule has 0 unspecified atom stereocenters. The maximum absolute atomic E-state index is 9.78. The first-order valence-corrected chi connectivity index (χ1v) is 10.9. The van der Waals surface area contributed by atoms with E-state index in [1.807, 2.05) is 12.1 Å². The first kappa shape index (κ1) is 18.9. The van der Waals surface area contributed by atoms with E-state index in [1.54, 1.807) is 12.1 Å². The Bertz CT molecular complexity index is 1430. The number of anilines is 1. The van der Waals surface area contributed by atoms with Gasteiger partial charge in [-0.05, 0) is 55.6 Å². The third kappa shape index (κ3) is 3.36. The number of likely N-dealkylation sites (N-methyl/N-ethyl adjacent to an activating group) is 1. The molecule has 0 aliphatic carbocycles. The summed E-state index contributed by atoms with van der Waals surface area (Å²) in [6, 6.07) is 19.9. The van der Waals surface area contributed by atoms with Crippen LogP contribution in [0.25, 0.3) is 44.8 Å². The lowest BCUT2D eigenvalue weighted by molar-refractivity contribution is -0.330. The summed E-state index contributed by atoms with van der Waals surface area (Å²) in [5.41, 5.74) is 7.17. The molecule has 160 valence electrons. The van der Waals surface area contributed by atoms with Crippen molar-refractivity contribution in [2.45, 2.75) is 0 Å². The number of phenolic OH excluding ortho intramolecular Hbond substituents is 1. The van der Waals surface area contributed by atoms with Crippen molar-refractivity contribution in [3.05, 3.63) is 60.7 Å². The number of aromatic amines is 3. The molecule has 6 rings (SSSR count). The molecule has 3 heterocycles. The van der Waals surface area contributed by atoms with Crippen LogP contribution in [0.15, 0.2) is 60.7 Å². The normalized spacial score (nSPS) is 15.1. The monoisotopic (exact) mass is 425 g/mol. The third-order valence-electron chi connectivity index (χ3n) is 6.28. The Kier molecular flexibility index (Phi) is 4.36. The van der Waals surface area contributed by atoms with E-state index in [4.69, 9.17) is 4.98 Å². The van der Waals surface area contributed by atoms with E-state index >= 15 is 0 Å². The summed E-state index contributed by atoms with van der Waals surface area (Å²) in [5, 5.41) is 9.78. The van der Waals surface area contributed by atoms with Crippen LogP contribution in [0.2, 0.25) is 0 Å². The minimum Gasteiger partial charge on any atom is -0.508 e. The zero-order chi connectivity index (χ0) is 21.7. The fourth-order valence-corrected chi connectivity index (χ4v) is 4.41. The van der Waals surface area contributed by atoms with E-state index in [2.05, 4.69) is 68.2 Å². The second-order valence-corrected chi connectivity index (χ2v) is 8.51. The summed E-state index contributed by atoms with van der Waals surface area (Å²) in [6.07, 6.45) is 0. The van der Waals surface area contributed by atoms with Crippen LogP contribution in [0.3, 0.4) is 0 Å². The molecular weight excluding hydrogens is 400 g/mol. The number of H-pyrrole nitrogens is 3. The zero-order valence-corrected chi connectivity index (χ0v) is 17.9. The van der Waals surface area contributed by atoms with E-state index in [9.17, 15) is 5.11 Å². The van der Waals surface area contributed by atoms with Gasteiger partial charge in [-0.2, -0.15) is 0 Å². The largest absolute Gasteiger partial charge is 0.508 e. The third-order valence-corrected chi connectivity index (χ3v) is 6.28. The number of rotatable bonds is 3. The Labute approximate surface area is 185 Å². The Hall–Kier alpha value is -3.84. The molecular formula is C25H25N6O+. The first-order valence-electron chi connectivity index (χ1n) is 10.9. The number of piperazine rings is 1. The van der Waals surface area contributed by atoms with Crippen LogP contribution >= 0.6 is 0 Å². The molecule has 1 fully saturated rings. The number of aromatic nitrogens is 4. The maximum Gasteiger partial charge on any atom is 0.285 e. The van der Waals surface area contributed by atoms with Crippen molar-refractivity contribution in [2.24, 2.45) is 0 Å². The summed E-state index contributed by atoms with van der Waals surface area (Å²) < 4.78 is 0. The van der Waals surface area contributed by atoms with Crippen LogP contribution in [-0.4, -0.2) is 58.2 Å². The molecule has 0 saturated carbocycles. The number of imidazole rings is 2. The standard InChI is InChI=1S/C25H24N6O/c1-30-9-11-31(12-10-30)18-6-8-21-23(15-18)29-25(27-21)17-5-7-20-22(14-17)28-24(26-20)16-3-2-4-19(32)13-16/h2-8,13-15,32H,9-12H2,1H3,(H,26,28)(H,27,29)/p+1. The van der Waals surface area contributed by atoms with Gasteiger partial charge in [0, 0.05) is 43.5 Å². The molecule has 1 aliphatic heterocycles. The van der Waals surface area contributed by atoms with E-state index < -0.39 is 0 Å². The number of nitrogens with zero attached hydrogens (tertiary/aromatic N) is 3. The van der Waals surface area contributed by atoms with Gasteiger partial charge < -0.3 is 19.9 Å². The Morgan fingerprint density at radius 2 is 1.75 bits per heavy atom. The highest BCUT2D eigenvalue weighted by Crippen LogP contribution is 2.27. The van der Waals surface area contributed by atoms with Crippen LogP contribution in [0.4, 0.5) is 5.69 Å². The average Bonchev–Trinajstić information content (AvgIpc) is 3.43. The molecule has 32 heavy (non-hydrogen) atoms. The van der Waals surface area contributed by atoms with Crippen molar-refractivity contribution < 1.29 is 10.1 Å². The molecule has 7 nitrogen and oxygen atoms in total. The lowest BCUT2D eigenvalue weighted by atomic mass is 10.2. The van der Waals surface area contributed by atoms with Gasteiger partial charge in [-0.1, -0.05) is 6.07 Å². The summed E-state index contributed by atoms with van der Waals surface area (Å²) in [5.74, 6) is 1.95. The Morgan fingerprint density at radius 3 is 2.59 bits per heavy atom. The van der Waals surface area contributed by atoms with Gasteiger partial charge in [0.05, 0.1) is 16.6 Å². The Morgan fingerprint density at radius 1 is 0.875 bits per heavy atom. The van der Waals surface area contributed by atoms with Crippen LogP contribution in [0.1, 0.15) is 0 Å². The van der Waals surface area contributed by atoms with Gasteiger partial charge in [0.1, 0.15) is 11.6 Å². The van der Waals surface area contributed by atoms with Gasteiger partial charge in [0.15, 0.2) is 11.0 Å². The lowest BCUT2D eigenvalue weighted by Crippen LogP contribution is -2.44. The number of benzene rings is 3. The highest BCUT2D eigenvalue weighted by atomic mass is 16.3. The molecule has 1 saturated heterocycles. The summed E-state index contributed by atoms with van der Waals surface area (Å²) >= 11 is 0. The molecule has 1 aliphatic rings. The predicted octanol–water partition coefficient (Wildman–Crippen LogP) is 3.65. The molecule has 0 spiro atoms. The second kappa shape index (κ2) is 7.39. The van der Waals surface area contributed by atoms with Gasteiger partial charge >= 0.3 is 0 Å². The highest BCUT2D eigenvalue weighted by Gasteiger charge is 2.17. The number of phenols is 1. The molecule has 5 aromatic rings. The van der Waals surface area contributed by atoms with Gasteiger partial charge in [0.25, 0.3) is 5.82 Å². The van der Waals surface area contributed by atoms with E-state index in [0.29, 0.717) is 0 Å². The van der Waals surface area contributed by atoms with Crippen molar-refractivity contribution in [1.29, 1.82) is 0 Å². The van der Waals surface area contributed by atoms with Gasteiger partial charge in [0.2, 0.25) is 0 Å². The number of fused-ring (bicyclic) bond motifs is 2. The SMILES string of the molecule is CN1CCN(c2ccc3nc(-c4ccc5[nH+]c(-c6cccc(O)c6)[nH]c5c4)[nH]c3c2)CC1. The van der Waals surface area contributed by atoms with Crippen molar-refractivity contribution >= 4 is 27.8 Å². The Balaban J connectivity index is 1.33. The quantitative estimate of drug-likeness (QED) is 0.412. The maximum atomic E-state index is 9.78. The van der Waals surface area contributed by atoms with Crippen LogP contribution in [0.5, 0.6) is 5.75 Å². The topological polar surface area (TPSA) is 85.3 Å². The van der Waals surface area contributed by atoms with Crippen LogP contribution in [-0.2, 0) is 0 Å². The predicted molar refractivity (Wildman–Crippen MR) is 127 cm³/mol. The van der Waals surface area contributed by atoms with Gasteiger partial charge in [-0.15, -0.1) is 0 Å². The fraction of sp³-hybridized carbons (Fsp3) is 0.200. The number of hydrogen-bond acceptors (Lipinski definition) is 4. The average molecular weight is 426 g/mol. The molecule has 0 atom stereocenters.